The van der Waals surface area contributed by atoms with Crippen LogP contribution in [0.2, 0.25) is 0 Å². The summed E-state index contributed by atoms with van der Waals surface area (Å²) in [5, 5.41) is 11.8. The van der Waals surface area contributed by atoms with Crippen molar-refractivity contribution in [1.82, 2.24) is 5.32 Å². The molecule has 0 aliphatic carbocycles. The maximum atomic E-state index is 11.9. The molecule has 0 radical (unpaired) electrons. The summed E-state index contributed by atoms with van der Waals surface area (Å²) in [5.74, 6) is 0.917. The SMILES string of the molecule is COc1cc(C(=O)NCC(C)O)cc(OC)c1C. The van der Waals surface area contributed by atoms with E-state index in [9.17, 15) is 4.79 Å². The molecule has 0 spiro atoms. The summed E-state index contributed by atoms with van der Waals surface area (Å²) in [6.07, 6.45) is -0.580. The van der Waals surface area contributed by atoms with Crippen LogP contribution in [0.3, 0.4) is 0 Å². The second-order valence-corrected chi connectivity index (χ2v) is 4.06. The first kappa shape index (κ1) is 14.3. The number of amides is 1. The van der Waals surface area contributed by atoms with E-state index in [1.165, 1.54) is 0 Å². The molecule has 1 rings (SSSR count). The summed E-state index contributed by atoms with van der Waals surface area (Å²) in [5.41, 5.74) is 1.28. The van der Waals surface area contributed by atoms with Crippen molar-refractivity contribution in [1.29, 1.82) is 0 Å². The molecular formula is C13H19NO4. The largest absolute Gasteiger partial charge is 0.496 e. The van der Waals surface area contributed by atoms with Gasteiger partial charge < -0.3 is 19.9 Å². The minimum Gasteiger partial charge on any atom is -0.496 e. The van der Waals surface area contributed by atoms with Crippen LogP contribution in [-0.2, 0) is 0 Å². The van der Waals surface area contributed by atoms with E-state index in [-0.39, 0.29) is 12.5 Å². The van der Waals surface area contributed by atoms with Crippen LogP contribution in [0.4, 0.5) is 0 Å². The Labute approximate surface area is 107 Å². The zero-order valence-electron chi connectivity index (χ0n) is 11.1. The molecule has 5 nitrogen and oxygen atoms in total. The third-order valence-corrected chi connectivity index (χ3v) is 2.57. The van der Waals surface area contributed by atoms with E-state index >= 15 is 0 Å². The van der Waals surface area contributed by atoms with Crippen LogP contribution in [0.15, 0.2) is 12.1 Å². The normalized spacial score (nSPS) is 11.8. The second-order valence-electron chi connectivity index (χ2n) is 4.06. The molecule has 0 heterocycles. The van der Waals surface area contributed by atoms with Gasteiger partial charge in [-0.2, -0.15) is 0 Å². The van der Waals surface area contributed by atoms with E-state index in [4.69, 9.17) is 14.6 Å². The van der Waals surface area contributed by atoms with E-state index in [0.717, 1.165) is 5.56 Å². The Hall–Kier alpha value is -1.75. The average Bonchev–Trinajstić information content (AvgIpc) is 2.36. The lowest BCUT2D eigenvalue weighted by molar-refractivity contribution is 0.0923. The van der Waals surface area contributed by atoms with Gasteiger partial charge >= 0.3 is 0 Å². The Morgan fingerprint density at radius 2 is 1.83 bits per heavy atom. The molecular weight excluding hydrogens is 234 g/mol. The maximum absolute atomic E-state index is 11.9. The average molecular weight is 253 g/mol. The van der Waals surface area contributed by atoms with Crippen LogP contribution in [0, 0.1) is 6.92 Å². The molecule has 0 aliphatic heterocycles. The van der Waals surface area contributed by atoms with E-state index in [1.54, 1.807) is 33.3 Å². The first-order valence-corrected chi connectivity index (χ1v) is 5.68. The van der Waals surface area contributed by atoms with Crippen molar-refractivity contribution in [3.8, 4) is 11.5 Å². The fourth-order valence-corrected chi connectivity index (χ4v) is 1.56. The monoisotopic (exact) mass is 253 g/mol. The number of hydrogen-bond donors (Lipinski definition) is 2. The smallest absolute Gasteiger partial charge is 0.251 e. The van der Waals surface area contributed by atoms with Crippen LogP contribution in [0.5, 0.6) is 11.5 Å². The third-order valence-electron chi connectivity index (χ3n) is 2.57. The number of carbonyl (C=O) groups is 1. The van der Waals surface area contributed by atoms with E-state index in [0.29, 0.717) is 17.1 Å². The Balaban J connectivity index is 2.98. The predicted octanol–water partition coefficient (Wildman–Crippen LogP) is 1.12. The summed E-state index contributed by atoms with van der Waals surface area (Å²) < 4.78 is 10.4. The number of aliphatic hydroxyl groups excluding tert-OH is 1. The quantitative estimate of drug-likeness (QED) is 0.825. The molecule has 5 heteroatoms. The highest BCUT2D eigenvalue weighted by Crippen LogP contribution is 2.29. The van der Waals surface area contributed by atoms with Gasteiger partial charge in [0.15, 0.2) is 0 Å². The number of aliphatic hydroxyl groups is 1. The highest BCUT2D eigenvalue weighted by atomic mass is 16.5. The lowest BCUT2D eigenvalue weighted by Crippen LogP contribution is -2.30. The number of rotatable bonds is 5. The van der Waals surface area contributed by atoms with Crippen molar-refractivity contribution in [2.75, 3.05) is 20.8 Å². The minimum absolute atomic E-state index is 0.206. The minimum atomic E-state index is -0.580. The lowest BCUT2D eigenvalue weighted by atomic mass is 10.1. The summed E-state index contributed by atoms with van der Waals surface area (Å²) in [4.78, 5) is 11.9. The molecule has 0 fully saturated rings. The third kappa shape index (κ3) is 3.37. The molecule has 2 N–H and O–H groups in total. The van der Waals surface area contributed by atoms with Gasteiger partial charge in [0.1, 0.15) is 11.5 Å². The van der Waals surface area contributed by atoms with Gasteiger partial charge in [0.2, 0.25) is 0 Å². The van der Waals surface area contributed by atoms with Gasteiger partial charge in [0.05, 0.1) is 20.3 Å². The van der Waals surface area contributed by atoms with Crippen molar-refractivity contribution in [3.63, 3.8) is 0 Å². The van der Waals surface area contributed by atoms with Gasteiger partial charge in [0, 0.05) is 17.7 Å². The predicted molar refractivity (Wildman–Crippen MR) is 68.3 cm³/mol. The Kier molecular flexibility index (Phi) is 4.97. The van der Waals surface area contributed by atoms with E-state index < -0.39 is 6.10 Å². The molecule has 1 amide bonds. The van der Waals surface area contributed by atoms with Crippen LogP contribution in [-0.4, -0.2) is 37.9 Å². The molecule has 100 valence electrons. The number of hydrogen-bond acceptors (Lipinski definition) is 4. The van der Waals surface area contributed by atoms with Crippen LogP contribution < -0.4 is 14.8 Å². The topological polar surface area (TPSA) is 67.8 Å². The van der Waals surface area contributed by atoms with Gasteiger partial charge in [-0.05, 0) is 26.0 Å². The number of carbonyl (C=O) groups excluding carboxylic acids is 1. The van der Waals surface area contributed by atoms with Crippen molar-refractivity contribution in [3.05, 3.63) is 23.3 Å². The Morgan fingerprint density at radius 1 is 1.33 bits per heavy atom. The van der Waals surface area contributed by atoms with Crippen molar-refractivity contribution in [2.45, 2.75) is 20.0 Å². The molecule has 18 heavy (non-hydrogen) atoms. The van der Waals surface area contributed by atoms with E-state index in [1.807, 2.05) is 6.92 Å². The summed E-state index contributed by atoms with van der Waals surface area (Å²) in [6, 6.07) is 3.30. The summed E-state index contributed by atoms with van der Waals surface area (Å²) in [6.45, 7) is 3.67. The number of ether oxygens (including phenoxy) is 2. The summed E-state index contributed by atoms with van der Waals surface area (Å²) >= 11 is 0. The number of nitrogens with one attached hydrogen (secondary N) is 1. The van der Waals surface area contributed by atoms with Gasteiger partial charge in [0.25, 0.3) is 5.91 Å². The Bertz CT molecular complexity index is 404. The fourth-order valence-electron chi connectivity index (χ4n) is 1.56. The van der Waals surface area contributed by atoms with Crippen molar-refractivity contribution >= 4 is 5.91 Å². The molecule has 1 atom stereocenters. The molecule has 0 saturated heterocycles. The van der Waals surface area contributed by atoms with Gasteiger partial charge in [-0.3, -0.25) is 4.79 Å². The highest BCUT2D eigenvalue weighted by Gasteiger charge is 2.13. The van der Waals surface area contributed by atoms with Gasteiger partial charge in [-0.15, -0.1) is 0 Å². The number of methoxy groups -OCH3 is 2. The van der Waals surface area contributed by atoms with Crippen molar-refractivity contribution < 1.29 is 19.4 Å². The standard InChI is InChI=1S/C13H19NO4/c1-8(15)7-14-13(16)10-5-11(17-3)9(2)12(6-10)18-4/h5-6,8,15H,7H2,1-4H3,(H,14,16). The maximum Gasteiger partial charge on any atom is 0.251 e. The Morgan fingerprint density at radius 3 is 2.22 bits per heavy atom. The fraction of sp³-hybridized carbons (Fsp3) is 0.462. The van der Waals surface area contributed by atoms with Crippen LogP contribution in [0.25, 0.3) is 0 Å². The van der Waals surface area contributed by atoms with E-state index in [2.05, 4.69) is 5.32 Å². The van der Waals surface area contributed by atoms with Gasteiger partial charge in [-0.1, -0.05) is 0 Å². The van der Waals surface area contributed by atoms with Crippen molar-refractivity contribution in [2.24, 2.45) is 0 Å². The molecule has 1 aromatic carbocycles. The summed E-state index contributed by atoms with van der Waals surface area (Å²) in [7, 11) is 3.08. The molecule has 0 bridgehead atoms. The molecule has 1 unspecified atom stereocenters. The lowest BCUT2D eigenvalue weighted by Gasteiger charge is -2.13. The first-order valence-electron chi connectivity index (χ1n) is 5.68. The zero-order chi connectivity index (χ0) is 13.7. The number of benzene rings is 1. The second kappa shape index (κ2) is 6.26. The van der Waals surface area contributed by atoms with Gasteiger partial charge in [-0.25, -0.2) is 0 Å². The van der Waals surface area contributed by atoms with Crippen LogP contribution in [0.1, 0.15) is 22.8 Å². The molecule has 1 aromatic rings. The molecule has 0 aromatic heterocycles. The zero-order valence-corrected chi connectivity index (χ0v) is 11.1. The molecule has 0 saturated carbocycles. The first-order chi connectivity index (χ1) is 8.49. The molecule has 0 aliphatic rings. The highest BCUT2D eigenvalue weighted by molar-refractivity contribution is 5.95. The van der Waals surface area contributed by atoms with Crippen LogP contribution >= 0.6 is 0 Å².